The maximum Gasteiger partial charge on any atom is 0.343 e. The van der Waals surface area contributed by atoms with Gasteiger partial charge in [-0.2, -0.15) is 0 Å². The first-order chi connectivity index (χ1) is 10.8. The number of esters is 1. The summed E-state index contributed by atoms with van der Waals surface area (Å²) in [5.41, 5.74) is 3.10. The predicted molar refractivity (Wildman–Crippen MR) is 88.8 cm³/mol. The summed E-state index contributed by atoms with van der Waals surface area (Å²) >= 11 is 0. The lowest BCUT2D eigenvalue weighted by Crippen LogP contribution is -2.12. The zero-order chi connectivity index (χ0) is 16.6. The van der Waals surface area contributed by atoms with Crippen molar-refractivity contribution in [1.82, 2.24) is 4.98 Å². The zero-order valence-corrected chi connectivity index (χ0v) is 13.7. The number of benzene rings is 2. The number of rotatable bonds is 2. The molecule has 0 radical (unpaired) electrons. The van der Waals surface area contributed by atoms with Crippen molar-refractivity contribution < 1.29 is 13.9 Å². The molecule has 4 heteroatoms. The lowest BCUT2D eigenvalue weighted by atomic mass is 9.87. The normalized spacial score (nSPS) is 11.7. The predicted octanol–water partition coefficient (Wildman–Crippen LogP) is 4.65. The van der Waals surface area contributed by atoms with Crippen LogP contribution in [-0.2, 0) is 5.41 Å². The average Bonchev–Trinajstić information content (AvgIpc) is 2.86. The highest BCUT2D eigenvalue weighted by atomic mass is 16.5. The Morgan fingerprint density at radius 2 is 1.78 bits per heavy atom. The minimum absolute atomic E-state index is 0.0532. The number of hydrogen-bond acceptors (Lipinski definition) is 4. The molecule has 0 bridgehead atoms. The third kappa shape index (κ3) is 3.26. The Morgan fingerprint density at radius 1 is 1.09 bits per heavy atom. The van der Waals surface area contributed by atoms with Gasteiger partial charge in [0.2, 0.25) is 0 Å². The van der Waals surface area contributed by atoms with E-state index in [9.17, 15) is 4.79 Å². The minimum atomic E-state index is -0.388. The summed E-state index contributed by atoms with van der Waals surface area (Å²) in [4.78, 5) is 16.5. The Kier molecular flexibility index (Phi) is 3.68. The minimum Gasteiger partial charge on any atom is -0.441 e. The SMILES string of the molecule is Cc1nc2ccc(OC(=O)c3ccc(C(C)(C)C)cc3)cc2o1. The molecule has 0 saturated carbocycles. The Labute approximate surface area is 135 Å². The number of carbonyl (C=O) groups is 1. The highest BCUT2D eigenvalue weighted by Gasteiger charge is 2.15. The third-order valence-electron chi connectivity index (χ3n) is 3.66. The lowest BCUT2D eigenvalue weighted by Gasteiger charge is -2.18. The summed E-state index contributed by atoms with van der Waals surface area (Å²) in [7, 11) is 0. The summed E-state index contributed by atoms with van der Waals surface area (Å²) in [6.07, 6.45) is 0. The Hall–Kier alpha value is -2.62. The number of aryl methyl sites for hydroxylation is 1. The first-order valence-electron chi connectivity index (χ1n) is 7.53. The van der Waals surface area contributed by atoms with Crippen LogP contribution < -0.4 is 4.74 Å². The number of hydrogen-bond donors (Lipinski definition) is 0. The second-order valence-corrected chi connectivity index (χ2v) is 6.58. The van der Waals surface area contributed by atoms with Crippen LogP contribution in [-0.4, -0.2) is 11.0 Å². The first-order valence-corrected chi connectivity index (χ1v) is 7.53. The van der Waals surface area contributed by atoms with Gasteiger partial charge in [0.25, 0.3) is 0 Å². The number of ether oxygens (including phenoxy) is 1. The van der Waals surface area contributed by atoms with E-state index in [-0.39, 0.29) is 11.4 Å². The maximum atomic E-state index is 12.2. The standard InChI is InChI=1S/C19H19NO3/c1-12-20-16-10-9-15(11-17(16)22-12)23-18(21)13-5-7-14(8-6-13)19(2,3)4/h5-11H,1-4H3. The molecule has 0 saturated heterocycles. The van der Waals surface area contributed by atoms with Gasteiger partial charge in [-0.25, -0.2) is 9.78 Å². The largest absolute Gasteiger partial charge is 0.441 e. The molecule has 1 aromatic heterocycles. The number of fused-ring (bicyclic) bond motifs is 1. The van der Waals surface area contributed by atoms with E-state index >= 15 is 0 Å². The second kappa shape index (κ2) is 5.54. The Balaban J connectivity index is 1.79. The molecule has 0 spiro atoms. The lowest BCUT2D eigenvalue weighted by molar-refractivity contribution is 0.0735. The van der Waals surface area contributed by atoms with E-state index in [1.165, 1.54) is 5.56 Å². The highest BCUT2D eigenvalue weighted by molar-refractivity contribution is 5.91. The molecule has 2 aromatic carbocycles. The van der Waals surface area contributed by atoms with Crippen molar-refractivity contribution in [3.05, 3.63) is 59.5 Å². The highest BCUT2D eigenvalue weighted by Crippen LogP contribution is 2.24. The van der Waals surface area contributed by atoms with Gasteiger partial charge in [0, 0.05) is 13.0 Å². The molecule has 0 atom stereocenters. The number of carbonyl (C=O) groups excluding carboxylic acids is 1. The van der Waals surface area contributed by atoms with Crippen molar-refractivity contribution in [3.63, 3.8) is 0 Å². The van der Waals surface area contributed by atoms with Crippen LogP contribution in [0.2, 0.25) is 0 Å². The van der Waals surface area contributed by atoms with E-state index in [2.05, 4.69) is 25.8 Å². The summed E-state index contributed by atoms with van der Waals surface area (Å²) in [6, 6.07) is 12.7. The van der Waals surface area contributed by atoms with Gasteiger partial charge in [0.05, 0.1) is 5.56 Å². The zero-order valence-electron chi connectivity index (χ0n) is 13.7. The number of nitrogens with zero attached hydrogens (tertiary/aromatic N) is 1. The fourth-order valence-electron chi connectivity index (χ4n) is 2.36. The summed E-state index contributed by atoms with van der Waals surface area (Å²) in [5.74, 6) is 0.640. The van der Waals surface area contributed by atoms with E-state index in [1.54, 1.807) is 37.3 Å². The van der Waals surface area contributed by atoms with Crippen LogP contribution in [0, 0.1) is 6.92 Å². The average molecular weight is 309 g/mol. The van der Waals surface area contributed by atoms with Gasteiger partial charge < -0.3 is 9.15 Å². The summed E-state index contributed by atoms with van der Waals surface area (Å²) in [6.45, 7) is 8.18. The molecule has 23 heavy (non-hydrogen) atoms. The van der Waals surface area contributed by atoms with E-state index < -0.39 is 0 Å². The van der Waals surface area contributed by atoms with Crippen LogP contribution in [0.3, 0.4) is 0 Å². The molecule has 0 unspecified atom stereocenters. The van der Waals surface area contributed by atoms with Crippen LogP contribution in [0.4, 0.5) is 0 Å². The van der Waals surface area contributed by atoms with Crippen LogP contribution in [0.1, 0.15) is 42.6 Å². The fraction of sp³-hybridized carbons (Fsp3) is 0.263. The molecule has 0 aliphatic heterocycles. The molecule has 1 heterocycles. The molecule has 0 aliphatic rings. The van der Waals surface area contributed by atoms with Gasteiger partial charge >= 0.3 is 5.97 Å². The van der Waals surface area contributed by atoms with Crippen molar-refractivity contribution >= 4 is 17.1 Å². The van der Waals surface area contributed by atoms with Gasteiger partial charge in [0.1, 0.15) is 11.3 Å². The van der Waals surface area contributed by atoms with Gasteiger partial charge in [-0.3, -0.25) is 0 Å². The molecule has 3 aromatic rings. The molecule has 0 fully saturated rings. The number of aromatic nitrogens is 1. The maximum absolute atomic E-state index is 12.2. The van der Waals surface area contributed by atoms with Crippen LogP contribution in [0.15, 0.2) is 46.9 Å². The molecule has 0 N–H and O–H groups in total. The molecule has 118 valence electrons. The van der Waals surface area contributed by atoms with Crippen molar-refractivity contribution in [3.8, 4) is 5.75 Å². The monoisotopic (exact) mass is 309 g/mol. The topological polar surface area (TPSA) is 52.3 Å². The number of oxazole rings is 1. The van der Waals surface area contributed by atoms with Gasteiger partial charge in [0.15, 0.2) is 11.5 Å². The van der Waals surface area contributed by atoms with Crippen LogP contribution in [0.5, 0.6) is 5.75 Å². The smallest absolute Gasteiger partial charge is 0.343 e. The molecule has 0 amide bonds. The van der Waals surface area contributed by atoms with Gasteiger partial charge in [-0.1, -0.05) is 32.9 Å². The third-order valence-corrected chi connectivity index (χ3v) is 3.66. The quantitative estimate of drug-likeness (QED) is 0.510. The van der Waals surface area contributed by atoms with E-state index in [1.807, 2.05) is 12.1 Å². The van der Waals surface area contributed by atoms with Crippen molar-refractivity contribution in [1.29, 1.82) is 0 Å². The van der Waals surface area contributed by atoms with Crippen LogP contribution in [0.25, 0.3) is 11.1 Å². The molecule has 3 rings (SSSR count). The van der Waals surface area contributed by atoms with Crippen molar-refractivity contribution in [2.24, 2.45) is 0 Å². The second-order valence-electron chi connectivity index (χ2n) is 6.58. The van der Waals surface area contributed by atoms with E-state index in [4.69, 9.17) is 9.15 Å². The summed E-state index contributed by atoms with van der Waals surface area (Å²) in [5, 5.41) is 0. The van der Waals surface area contributed by atoms with Crippen molar-refractivity contribution in [2.45, 2.75) is 33.1 Å². The first kappa shape index (κ1) is 15.3. The molecule has 0 aliphatic carbocycles. The van der Waals surface area contributed by atoms with E-state index in [0.717, 1.165) is 5.52 Å². The fourth-order valence-corrected chi connectivity index (χ4v) is 2.36. The van der Waals surface area contributed by atoms with Gasteiger partial charge in [-0.15, -0.1) is 0 Å². The molecule has 4 nitrogen and oxygen atoms in total. The molecular weight excluding hydrogens is 290 g/mol. The summed E-state index contributed by atoms with van der Waals surface area (Å²) < 4.78 is 10.9. The van der Waals surface area contributed by atoms with Crippen molar-refractivity contribution in [2.75, 3.05) is 0 Å². The Bertz CT molecular complexity index is 854. The van der Waals surface area contributed by atoms with E-state index in [0.29, 0.717) is 22.8 Å². The molecular formula is C19H19NO3. The van der Waals surface area contributed by atoms with Gasteiger partial charge in [-0.05, 0) is 35.2 Å². The van der Waals surface area contributed by atoms with Crippen LogP contribution >= 0.6 is 0 Å². The Morgan fingerprint density at radius 3 is 2.43 bits per heavy atom.